The molecule has 0 amide bonds. The van der Waals surface area contributed by atoms with Gasteiger partial charge in [0, 0.05) is 12.6 Å². The largest absolute Gasteiger partial charge is 0.392 e. The SMILES string of the molecule is CC(C)c1ccc(Cn2cc(Cc3ccccc3CO)nn2)cc1. The van der Waals surface area contributed by atoms with E-state index in [1.165, 1.54) is 11.1 Å². The second-order valence-electron chi connectivity index (χ2n) is 6.41. The van der Waals surface area contributed by atoms with Crippen LogP contribution in [0.5, 0.6) is 0 Å². The quantitative estimate of drug-likeness (QED) is 0.755. The minimum absolute atomic E-state index is 0.0481. The zero-order chi connectivity index (χ0) is 16.9. The van der Waals surface area contributed by atoms with Crippen molar-refractivity contribution in [2.75, 3.05) is 0 Å². The van der Waals surface area contributed by atoms with Crippen LogP contribution in [-0.2, 0) is 19.6 Å². The van der Waals surface area contributed by atoms with E-state index in [4.69, 9.17) is 0 Å². The molecule has 3 rings (SSSR count). The van der Waals surface area contributed by atoms with Crippen molar-refractivity contribution in [2.24, 2.45) is 0 Å². The molecular weight excluding hydrogens is 298 g/mol. The molecule has 0 aliphatic heterocycles. The summed E-state index contributed by atoms with van der Waals surface area (Å²) in [5.41, 5.74) is 5.50. The lowest BCUT2D eigenvalue weighted by Gasteiger charge is -2.06. The van der Waals surface area contributed by atoms with E-state index < -0.39 is 0 Å². The van der Waals surface area contributed by atoms with Crippen molar-refractivity contribution in [1.82, 2.24) is 15.0 Å². The molecule has 4 nitrogen and oxygen atoms in total. The van der Waals surface area contributed by atoms with Gasteiger partial charge in [0.2, 0.25) is 0 Å². The molecule has 0 atom stereocenters. The highest BCUT2D eigenvalue weighted by Gasteiger charge is 2.07. The van der Waals surface area contributed by atoms with Gasteiger partial charge >= 0.3 is 0 Å². The Morgan fingerprint density at radius 3 is 2.38 bits per heavy atom. The lowest BCUT2D eigenvalue weighted by Crippen LogP contribution is -2.00. The Balaban J connectivity index is 1.69. The zero-order valence-corrected chi connectivity index (χ0v) is 14.2. The summed E-state index contributed by atoms with van der Waals surface area (Å²) in [5.74, 6) is 0.545. The average molecular weight is 321 g/mol. The molecule has 1 heterocycles. The third-order valence-electron chi connectivity index (χ3n) is 4.24. The van der Waals surface area contributed by atoms with Crippen LogP contribution in [0.25, 0.3) is 0 Å². The second-order valence-corrected chi connectivity index (χ2v) is 6.41. The van der Waals surface area contributed by atoms with Crippen molar-refractivity contribution in [2.45, 2.75) is 39.3 Å². The molecule has 2 aromatic carbocycles. The molecule has 0 aliphatic rings. The molecule has 1 N–H and O–H groups in total. The number of benzene rings is 2. The van der Waals surface area contributed by atoms with Crippen molar-refractivity contribution in [3.05, 3.63) is 82.7 Å². The monoisotopic (exact) mass is 321 g/mol. The lowest BCUT2D eigenvalue weighted by molar-refractivity contribution is 0.281. The molecule has 0 saturated heterocycles. The van der Waals surface area contributed by atoms with Gasteiger partial charge in [0.1, 0.15) is 0 Å². The van der Waals surface area contributed by atoms with Crippen molar-refractivity contribution in [3.8, 4) is 0 Å². The van der Waals surface area contributed by atoms with Gasteiger partial charge in [0.05, 0.1) is 18.8 Å². The first kappa shape index (κ1) is 16.4. The van der Waals surface area contributed by atoms with Gasteiger partial charge in [0.25, 0.3) is 0 Å². The molecule has 4 heteroatoms. The van der Waals surface area contributed by atoms with Crippen LogP contribution in [0.3, 0.4) is 0 Å². The minimum Gasteiger partial charge on any atom is -0.392 e. The van der Waals surface area contributed by atoms with Gasteiger partial charge in [-0.2, -0.15) is 0 Å². The Labute approximate surface area is 142 Å². The van der Waals surface area contributed by atoms with Gasteiger partial charge in [-0.05, 0) is 28.2 Å². The summed E-state index contributed by atoms with van der Waals surface area (Å²) in [6, 6.07) is 16.5. The third kappa shape index (κ3) is 3.89. The van der Waals surface area contributed by atoms with E-state index >= 15 is 0 Å². The minimum atomic E-state index is 0.0481. The van der Waals surface area contributed by atoms with E-state index in [0.717, 1.165) is 16.8 Å². The number of aromatic nitrogens is 3. The molecule has 0 saturated carbocycles. The average Bonchev–Trinajstić information content (AvgIpc) is 3.03. The highest BCUT2D eigenvalue weighted by Crippen LogP contribution is 2.16. The highest BCUT2D eigenvalue weighted by atomic mass is 16.3. The van der Waals surface area contributed by atoms with Crippen molar-refractivity contribution in [3.63, 3.8) is 0 Å². The van der Waals surface area contributed by atoms with Gasteiger partial charge in [-0.3, -0.25) is 0 Å². The summed E-state index contributed by atoms with van der Waals surface area (Å²) in [4.78, 5) is 0. The maximum absolute atomic E-state index is 9.42. The van der Waals surface area contributed by atoms with Gasteiger partial charge in [-0.15, -0.1) is 5.10 Å². The number of hydrogen-bond donors (Lipinski definition) is 1. The molecule has 0 unspecified atom stereocenters. The fourth-order valence-electron chi connectivity index (χ4n) is 2.77. The topological polar surface area (TPSA) is 50.9 Å². The summed E-state index contributed by atoms with van der Waals surface area (Å²) >= 11 is 0. The van der Waals surface area contributed by atoms with Crippen LogP contribution in [0.4, 0.5) is 0 Å². The molecule has 1 aromatic heterocycles. The standard InChI is InChI=1S/C20H23N3O/c1-15(2)17-9-7-16(8-10-17)12-23-13-20(21-22-23)11-18-5-3-4-6-19(18)14-24/h3-10,13,15,24H,11-12,14H2,1-2H3. The number of nitrogens with zero attached hydrogens (tertiary/aromatic N) is 3. The van der Waals surface area contributed by atoms with Crippen LogP contribution in [0.1, 0.15) is 47.7 Å². The van der Waals surface area contributed by atoms with E-state index in [0.29, 0.717) is 18.9 Å². The molecule has 0 fully saturated rings. The molecule has 24 heavy (non-hydrogen) atoms. The molecule has 0 aliphatic carbocycles. The number of rotatable bonds is 6. The highest BCUT2D eigenvalue weighted by molar-refractivity contribution is 5.30. The maximum Gasteiger partial charge on any atom is 0.0871 e. The van der Waals surface area contributed by atoms with E-state index in [-0.39, 0.29) is 6.61 Å². The van der Waals surface area contributed by atoms with E-state index in [1.807, 2.05) is 35.1 Å². The molecular formula is C20H23N3O. The first-order chi connectivity index (χ1) is 11.7. The molecule has 124 valence electrons. The second kappa shape index (κ2) is 7.41. The van der Waals surface area contributed by atoms with Gasteiger partial charge in [0.15, 0.2) is 0 Å². The fraction of sp³-hybridized carbons (Fsp3) is 0.300. The van der Waals surface area contributed by atoms with Gasteiger partial charge < -0.3 is 5.11 Å². The number of hydrogen-bond acceptors (Lipinski definition) is 3. The Morgan fingerprint density at radius 1 is 1.00 bits per heavy atom. The predicted molar refractivity (Wildman–Crippen MR) is 94.8 cm³/mol. The van der Waals surface area contributed by atoms with Crippen LogP contribution < -0.4 is 0 Å². The molecule has 0 spiro atoms. The van der Waals surface area contributed by atoms with Crippen molar-refractivity contribution < 1.29 is 5.11 Å². The lowest BCUT2D eigenvalue weighted by atomic mass is 10.0. The predicted octanol–water partition coefficient (Wildman–Crippen LogP) is 3.53. The Kier molecular flexibility index (Phi) is 5.06. The molecule has 0 bridgehead atoms. The Bertz CT molecular complexity index is 791. The summed E-state index contributed by atoms with van der Waals surface area (Å²) in [6.45, 7) is 5.16. The van der Waals surface area contributed by atoms with Crippen LogP contribution in [-0.4, -0.2) is 20.1 Å². The van der Waals surface area contributed by atoms with Crippen LogP contribution in [0.15, 0.2) is 54.7 Å². The van der Waals surface area contributed by atoms with Crippen molar-refractivity contribution >= 4 is 0 Å². The molecule has 0 radical (unpaired) electrons. The zero-order valence-electron chi connectivity index (χ0n) is 14.2. The summed E-state index contributed by atoms with van der Waals surface area (Å²) < 4.78 is 1.86. The number of aliphatic hydroxyl groups is 1. The smallest absolute Gasteiger partial charge is 0.0871 e. The van der Waals surface area contributed by atoms with Crippen LogP contribution in [0.2, 0.25) is 0 Å². The number of aliphatic hydroxyl groups excluding tert-OH is 1. The maximum atomic E-state index is 9.42. The third-order valence-corrected chi connectivity index (χ3v) is 4.24. The van der Waals surface area contributed by atoms with E-state index in [1.54, 1.807) is 0 Å². The Hall–Kier alpha value is -2.46. The van der Waals surface area contributed by atoms with Crippen LogP contribution >= 0.6 is 0 Å². The van der Waals surface area contributed by atoms with E-state index in [2.05, 4.69) is 48.4 Å². The van der Waals surface area contributed by atoms with Crippen molar-refractivity contribution in [1.29, 1.82) is 0 Å². The fourth-order valence-corrected chi connectivity index (χ4v) is 2.77. The van der Waals surface area contributed by atoms with E-state index in [9.17, 15) is 5.11 Å². The first-order valence-corrected chi connectivity index (χ1v) is 8.31. The summed E-state index contributed by atoms with van der Waals surface area (Å²) in [7, 11) is 0. The van der Waals surface area contributed by atoms with Gasteiger partial charge in [-0.1, -0.05) is 67.6 Å². The van der Waals surface area contributed by atoms with Gasteiger partial charge in [-0.25, -0.2) is 4.68 Å². The molecule has 3 aromatic rings. The first-order valence-electron chi connectivity index (χ1n) is 8.31. The summed E-state index contributed by atoms with van der Waals surface area (Å²) in [5, 5.41) is 17.9. The van der Waals surface area contributed by atoms with Crippen LogP contribution in [0, 0.1) is 0 Å². The Morgan fingerprint density at radius 2 is 1.71 bits per heavy atom. The normalized spacial score (nSPS) is 11.2. The summed E-state index contributed by atoms with van der Waals surface area (Å²) in [6.07, 6.45) is 2.66.